The third-order valence-corrected chi connectivity index (χ3v) is 4.74. The van der Waals surface area contributed by atoms with Gasteiger partial charge in [-0.1, -0.05) is 35.2 Å². The molecule has 1 aliphatic carbocycles. The fourth-order valence-corrected chi connectivity index (χ4v) is 3.70. The van der Waals surface area contributed by atoms with Crippen LogP contribution in [0.25, 0.3) is 0 Å². The molecule has 0 aromatic heterocycles. The molecule has 2 aliphatic rings. The maximum atomic E-state index is 6.48. The van der Waals surface area contributed by atoms with E-state index in [0.717, 1.165) is 4.47 Å². The van der Waals surface area contributed by atoms with Crippen LogP contribution < -0.4 is 11.1 Å². The molecular weight excluding hydrogens is 276 g/mol. The summed E-state index contributed by atoms with van der Waals surface area (Å²) in [6.07, 6.45) is 6.58. The van der Waals surface area contributed by atoms with Crippen molar-refractivity contribution in [3.05, 3.63) is 28.2 Å². The summed E-state index contributed by atoms with van der Waals surface area (Å²) in [5, 5.41) is 3.70. The largest absolute Gasteiger partial charge is 0.382 e. The van der Waals surface area contributed by atoms with Crippen molar-refractivity contribution < 1.29 is 0 Å². The number of anilines is 1. The van der Waals surface area contributed by atoms with Crippen molar-refractivity contribution in [1.29, 1.82) is 0 Å². The maximum absolute atomic E-state index is 6.48. The molecule has 1 fully saturated rings. The van der Waals surface area contributed by atoms with Crippen molar-refractivity contribution in [3.63, 3.8) is 0 Å². The summed E-state index contributed by atoms with van der Waals surface area (Å²) in [6.45, 7) is 0. The van der Waals surface area contributed by atoms with Gasteiger partial charge in [0.15, 0.2) is 0 Å². The Labute approximate surface area is 111 Å². The molecule has 0 spiro atoms. The highest BCUT2D eigenvalue weighted by Gasteiger charge is 2.34. The summed E-state index contributed by atoms with van der Waals surface area (Å²) in [4.78, 5) is 0. The molecule has 3 atom stereocenters. The monoisotopic (exact) mass is 294 g/mol. The molecule has 3 unspecified atom stereocenters. The minimum Gasteiger partial charge on any atom is -0.382 e. The van der Waals surface area contributed by atoms with E-state index in [-0.39, 0.29) is 6.04 Å². The zero-order valence-electron chi connectivity index (χ0n) is 9.95. The highest BCUT2D eigenvalue weighted by atomic mass is 79.9. The maximum Gasteiger partial charge on any atom is 0.0391 e. The average molecular weight is 295 g/mol. The molecule has 3 heteroatoms. The molecule has 1 aliphatic heterocycles. The van der Waals surface area contributed by atoms with Gasteiger partial charge in [-0.15, -0.1) is 0 Å². The van der Waals surface area contributed by atoms with Gasteiger partial charge in [-0.25, -0.2) is 0 Å². The van der Waals surface area contributed by atoms with Gasteiger partial charge in [-0.2, -0.15) is 0 Å². The fraction of sp³-hybridized carbons (Fsp3) is 0.571. The van der Waals surface area contributed by atoms with Crippen LogP contribution in [0.5, 0.6) is 0 Å². The number of hydrogen-bond donors (Lipinski definition) is 2. The summed E-state index contributed by atoms with van der Waals surface area (Å²) in [5.74, 6) is 0.610. The quantitative estimate of drug-likeness (QED) is 0.763. The van der Waals surface area contributed by atoms with Crippen LogP contribution in [0.4, 0.5) is 5.69 Å². The number of benzene rings is 1. The lowest BCUT2D eigenvalue weighted by molar-refractivity contribution is 0.339. The van der Waals surface area contributed by atoms with E-state index in [1.807, 2.05) is 0 Å². The van der Waals surface area contributed by atoms with Gasteiger partial charge in [0.05, 0.1) is 0 Å². The van der Waals surface area contributed by atoms with Crippen molar-refractivity contribution in [2.45, 2.75) is 44.2 Å². The summed E-state index contributed by atoms with van der Waals surface area (Å²) >= 11 is 3.54. The van der Waals surface area contributed by atoms with Crippen molar-refractivity contribution in [3.8, 4) is 0 Å². The van der Waals surface area contributed by atoms with E-state index in [2.05, 4.69) is 39.4 Å². The highest BCUT2D eigenvalue weighted by molar-refractivity contribution is 9.10. The molecule has 1 saturated carbocycles. The zero-order valence-corrected chi connectivity index (χ0v) is 11.5. The fourth-order valence-electron chi connectivity index (χ4n) is 3.32. The molecule has 0 saturated heterocycles. The zero-order chi connectivity index (χ0) is 11.8. The van der Waals surface area contributed by atoms with E-state index >= 15 is 0 Å². The second-order valence-corrected chi connectivity index (χ2v) is 6.23. The van der Waals surface area contributed by atoms with Gasteiger partial charge in [0.2, 0.25) is 0 Å². The van der Waals surface area contributed by atoms with E-state index in [4.69, 9.17) is 5.73 Å². The number of nitrogens with one attached hydrogen (secondary N) is 1. The first-order valence-electron chi connectivity index (χ1n) is 6.57. The number of fused-ring (bicyclic) bond motifs is 2. The Bertz CT molecular complexity index is 419. The molecule has 1 aromatic carbocycles. The Morgan fingerprint density at radius 3 is 2.88 bits per heavy atom. The molecule has 3 rings (SSSR count). The van der Waals surface area contributed by atoms with Crippen molar-refractivity contribution in [2.24, 2.45) is 11.7 Å². The van der Waals surface area contributed by atoms with Gasteiger partial charge >= 0.3 is 0 Å². The van der Waals surface area contributed by atoms with E-state index in [0.29, 0.717) is 12.0 Å². The van der Waals surface area contributed by atoms with E-state index in [1.54, 1.807) is 0 Å². The van der Waals surface area contributed by atoms with Gasteiger partial charge in [-0.05, 0) is 42.5 Å². The predicted molar refractivity (Wildman–Crippen MR) is 75.1 cm³/mol. The van der Waals surface area contributed by atoms with Crippen molar-refractivity contribution >= 4 is 21.6 Å². The van der Waals surface area contributed by atoms with Crippen LogP contribution in [0.2, 0.25) is 0 Å². The van der Waals surface area contributed by atoms with Crippen molar-refractivity contribution in [1.82, 2.24) is 0 Å². The summed E-state index contributed by atoms with van der Waals surface area (Å²) in [6, 6.07) is 7.21. The third kappa shape index (κ3) is 2.11. The number of halogens is 1. The van der Waals surface area contributed by atoms with Crippen LogP contribution in [0.3, 0.4) is 0 Å². The molecule has 0 amide bonds. The Morgan fingerprint density at radius 2 is 2.00 bits per heavy atom. The first kappa shape index (κ1) is 11.5. The Balaban J connectivity index is 1.97. The van der Waals surface area contributed by atoms with Crippen LogP contribution in [0.1, 0.15) is 43.7 Å². The lowest BCUT2D eigenvalue weighted by Gasteiger charge is -2.38. The minimum absolute atomic E-state index is 0.201. The van der Waals surface area contributed by atoms with Crippen LogP contribution in [-0.4, -0.2) is 6.04 Å². The Hall–Kier alpha value is -0.540. The molecule has 3 N–H and O–H groups in total. The summed E-state index contributed by atoms with van der Waals surface area (Å²) in [7, 11) is 0. The summed E-state index contributed by atoms with van der Waals surface area (Å²) in [5.41, 5.74) is 9.00. The van der Waals surface area contributed by atoms with Gasteiger partial charge in [-0.3, -0.25) is 0 Å². The number of nitrogens with two attached hydrogens (primary N) is 1. The van der Waals surface area contributed by atoms with Crippen LogP contribution in [-0.2, 0) is 0 Å². The van der Waals surface area contributed by atoms with Gasteiger partial charge in [0.1, 0.15) is 0 Å². The predicted octanol–water partition coefficient (Wildman–Crippen LogP) is 3.82. The Kier molecular flexibility index (Phi) is 3.14. The lowest BCUT2D eigenvalue weighted by Crippen LogP contribution is -2.40. The molecule has 1 aromatic rings. The SMILES string of the molecule is NC1c2cc(Br)ccc2NC2CCCCCC21. The molecular formula is C14H19BrN2. The van der Waals surface area contributed by atoms with E-state index in [9.17, 15) is 0 Å². The van der Waals surface area contributed by atoms with E-state index < -0.39 is 0 Å². The second kappa shape index (κ2) is 4.62. The third-order valence-electron chi connectivity index (χ3n) is 4.24. The lowest BCUT2D eigenvalue weighted by atomic mass is 9.80. The molecule has 1 heterocycles. The molecule has 92 valence electrons. The van der Waals surface area contributed by atoms with Crippen LogP contribution >= 0.6 is 15.9 Å². The van der Waals surface area contributed by atoms with Crippen LogP contribution in [0, 0.1) is 5.92 Å². The smallest absolute Gasteiger partial charge is 0.0391 e. The first-order chi connectivity index (χ1) is 8.25. The second-order valence-electron chi connectivity index (χ2n) is 5.31. The number of rotatable bonds is 0. The molecule has 0 radical (unpaired) electrons. The number of hydrogen-bond acceptors (Lipinski definition) is 2. The standard InChI is InChI=1S/C14H19BrN2/c15-9-6-7-13-11(8-9)14(16)10-4-2-1-3-5-12(10)17-13/h6-8,10,12,14,17H,1-5,16H2. The normalized spacial score (nSPS) is 32.0. The average Bonchev–Trinajstić information content (AvgIpc) is 2.56. The summed E-state index contributed by atoms with van der Waals surface area (Å²) < 4.78 is 1.13. The highest BCUT2D eigenvalue weighted by Crippen LogP contribution is 2.41. The van der Waals surface area contributed by atoms with Gasteiger partial charge < -0.3 is 11.1 Å². The van der Waals surface area contributed by atoms with Crippen LogP contribution in [0.15, 0.2) is 22.7 Å². The molecule has 0 bridgehead atoms. The minimum atomic E-state index is 0.201. The van der Waals surface area contributed by atoms with Gasteiger partial charge in [0.25, 0.3) is 0 Å². The molecule has 2 nitrogen and oxygen atoms in total. The molecule has 17 heavy (non-hydrogen) atoms. The topological polar surface area (TPSA) is 38.0 Å². The van der Waals surface area contributed by atoms with E-state index in [1.165, 1.54) is 43.4 Å². The Morgan fingerprint density at radius 1 is 1.18 bits per heavy atom. The van der Waals surface area contributed by atoms with Gasteiger partial charge in [0, 0.05) is 22.2 Å². The first-order valence-corrected chi connectivity index (χ1v) is 7.36. The van der Waals surface area contributed by atoms with Crippen molar-refractivity contribution in [2.75, 3.05) is 5.32 Å².